The lowest BCUT2D eigenvalue weighted by molar-refractivity contribution is -0.273. The SMILES string of the molecule is COC1CCC(F)CC1C(C)(C)CC(O)(CC1=CC2CC(C(N)=O)CCC2N1)C(F)(F)F. The molecule has 7 atom stereocenters. The van der Waals surface area contributed by atoms with Crippen molar-refractivity contribution >= 4 is 5.91 Å². The molecule has 0 aromatic carbocycles. The van der Waals surface area contributed by atoms with Crippen molar-refractivity contribution in [3.8, 4) is 0 Å². The molecule has 2 fully saturated rings. The van der Waals surface area contributed by atoms with Gasteiger partial charge in [0.05, 0.1) is 6.10 Å². The van der Waals surface area contributed by atoms with Crippen molar-refractivity contribution in [1.82, 2.24) is 5.32 Å². The highest BCUT2D eigenvalue weighted by Crippen LogP contribution is 2.50. The fraction of sp³-hybridized carbons (Fsp3) is 0.870. The Bertz CT molecular complexity index is 727. The van der Waals surface area contributed by atoms with Crippen LogP contribution in [0.15, 0.2) is 11.8 Å². The lowest BCUT2D eigenvalue weighted by Crippen LogP contribution is -2.52. The van der Waals surface area contributed by atoms with E-state index in [1.54, 1.807) is 19.9 Å². The van der Waals surface area contributed by atoms with Gasteiger partial charge < -0.3 is 20.9 Å². The van der Waals surface area contributed by atoms with Gasteiger partial charge >= 0.3 is 6.18 Å². The number of ether oxygens (including phenoxy) is 1. The monoisotopic (exact) mass is 464 g/mol. The van der Waals surface area contributed by atoms with Crippen molar-refractivity contribution in [2.24, 2.45) is 28.9 Å². The zero-order valence-electron chi connectivity index (χ0n) is 19.1. The lowest BCUT2D eigenvalue weighted by Gasteiger charge is -2.46. The van der Waals surface area contributed by atoms with Crippen LogP contribution in [0.5, 0.6) is 0 Å². The number of hydrogen-bond acceptors (Lipinski definition) is 4. The van der Waals surface area contributed by atoms with Gasteiger partial charge in [-0.25, -0.2) is 4.39 Å². The van der Waals surface area contributed by atoms with E-state index >= 15 is 0 Å². The summed E-state index contributed by atoms with van der Waals surface area (Å²) < 4.78 is 62.1. The first-order valence-electron chi connectivity index (χ1n) is 11.5. The van der Waals surface area contributed by atoms with Gasteiger partial charge in [-0.05, 0) is 62.2 Å². The second-order valence-electron chi connectivity index (χ2n) is 10.7. The third kappa shape index (κ3) is 5.24. The highest BCUT2D eigenvalue weighted by Gasteiger charge is 2.58. The molecule has 0 aromatic rings. The van der Waals surface area contributed by atoms with Gasteiger partial charge in [0.25, 0.3) is 0 Å². The van der Waals surface area contributed by atoms with E-state index in [9.17, 15) is 27.5 Å². The number of nitrogens with two attached hydrogens (primary N) is 1. The van der Waals surface area contributed by atoms with Crippen molar-refractivity contribution in [2.75, 3.05) is 7.11 Å². The molecule has 0 radical (unpaired) electrons. The van der Waals surface area contributed by atoms with Crippen LogP contribution in [0.2, 0.25) is 0 Å². The maximum absolute atomic E-state index is 14.2. The highest BCUT2D eigenvalue weighted by molar-refractivity contribution is 5.76. The normalized spacial score (nSPS) is 35.4. The average Bonchev–Trinajstić information content (AvgIpc) is 3.07. The second-order valence-corrected chi connectivity index (χ2v) is 10.7. The van der Waals surface area contributed by atoms with E-state index in [0.29, 0.717) is 37.8 Å². The number of hydrogen-bond donors (Lipinski definition) is 3. The third-order valence-corrected chi connectivity index (χ3v) is 7.88. The molecule has 1 heterocycles. The summed E-state index contributed by atoms with van der Waals surface area (Å²) in [7, 11) is 1.50. The number of amides is 1. The zero-order valence-corrected chi connectivity index (χ0v) is 19.1. The predicted octanol–water partition coefficient (Wildman–Crippen LogP) is 4.00. The molecule has 0 spiro atoms. The van der Waals surface area contributed by atoms with E-state index < -0.39 is 42.1 Å². The van der Waals surface area contributed by atoms with E-state index in [4.69, 9.17) is 10.5 Å². The Morgan fingerprint density at radius 2 is 1.91 bits per heavy atom. The Kier molecular flexibility index (Phi) is 7.21. The number of carbonyl (C=O) groups is 1. The number of primary amides is 1. The predicted molar refractivity (Wildman–Crippen MR) is 112 cm³/mol. The van der Waals surface area contributed by atoms with Gasteiger partial charge in [-0.3, -0.25) is 4.79 Å². The topological polar surface area (TPSA) is 84.6 Å². The van der Waals surface area contributed by atoms with Crippen molar-refractivity contribution in [3.05, 3.63) is 11.8 Å². The van der Waals surface area contributed by atoms with Crippen LogP contribution in [0.4, 0.5) is 17.6 Å². The fourth-order valence-corrected chi connectivity index (χ4v) is 6.14. The van der Waals surface area contributed by atoms with Gasteiger partial charge in [0.2, 0.25) is 5.91 Å². The van der Waals surface area contributed by atoms with Crippen LogP contribution in [-0.2, 0) is 9.53 Å². The molecule has 2 aliphatic carbocycles. The van der Waals surface area contributed by atoms with Crippen molar-refractivity contribution < 1.29 is 32.2 Å². The highest BCUT2D eigenvalue weighted by atomic mass is 19.4. The molecule has 3 aliphatic rings. The van der Waals surface area contributed by atoms with Gasteiger partial charge in [0, 0.05) is 31.2 Å². The summed E-state index contributed by atoms with van der Waals surface area (Å²) in [6.45, 7) is 3.32. The number of methoxy groups -OCH3 is 1. The van der Waals surface area contributed by atoms with Gasteiger partial charge in [0.1, 0.15) is 6.17 Å². The van der Waals surface area contributed by atoms with E-state index in [-0.39, 0.29) is 36.3 Å². The second kappa shape index (κ2) is 9.12. The molecule has 5 nitrogen and oxygen atoms in total. The van der Waals surface area contributed by atoms with E-state index in [1.807, 2.05) is 0 Å². The van der Waals surface area contributed by atoms with Gasteiger partial charge in [-0.1, -0.05) is 19.9 Å². The molecule has 0 bridgehead atoms. The minimum Gasteiger partial charge on any atom is -0.385 e. The van der Waals surface area contributed by atoms with Crippen LogP contribution in [0.25, 0.3) is 0 Å². The zero-order chi connectivity index (χ0) is 23.9. The molecule has 9 heteroatoms. The van der Waals surface area contributed by atoms with Gasteiger partial charge in [0.15, 0.2) is 5.60 Å². The molecule has 1 amide bonds. The summed E-state index contributed by atoms with van der Waals surface area (Å²) >= 11 is 0. The van der Waals surface area contributed by atoms with Gasteiger partial charge in [-0.15, -0.1) is 0 Å². The Morgan fingerprint density at radius 3 is 2.50 bits per heavy atom. The summed E-state index contributed by atoms with van der Waals surface area (Å²) in [5.41, 5.74) is 1.79. The Hall–Kier alpha value is -1.35. The molecule has 1 aliphatic heterocycles. The first-order chi connectivity index (χ1) is 14.8. The molecule has 0 saturated heterocycles. The number of alkyl halides is 4. The smallest absolute Gasteiger partial charge is 0.385 e. The molecule has 0 aromatic heterocycles. The number of aliphatic hydroxyl groups is 1. The minimum absolute atomic E-state index is 0.0467. The van der Waals surface area contributed by atoms with Crippen LogP contribution in [0.3, 0.4) is 0 Å². The number of carbonyl (C=O) groups excluding carboxylic acids is 1. The molecule has 4 N–H and O–H groups in total. The maximum Gasteiger partial charge on any atom is 0.417 e. The van der Waals surface area contributed by atoms with Gasteiger partial charge in [-0.2, -0.15) is 13.2 Å². The summed E-state index contributed by atoms with van der Waals surface area (Å²) in [4.78, 5) is 11.5. The van der Waals surface area contributed by atoms with E-state index in [0.717, 1.165) is 0 Å². The largest absolute Gasteiger partial charge is 0.417 e. The van der Waals surface area contributed by atoms with E-state index in [1.165, 1.54) is 7.11 Å². The Morgan fingerprint density at radius 1 is 1.22 bits per heavy atom. The lowest BCUT2D eigenvalue weighted by atomic mass is 9.64. The summed E-state index contributed by atoms with van der Waals surface area (Å²) in [6, 6.07) is -0.0467. The third-order valence-electron chi connectivity index (χ3n) is 7.88. The number of halogens is 4. The summed E-state index contributed by atoms with van der Waals surface area (Å²) in [6.07, 6.45) is -3.06. The minimum atomic E-state index is -4.86. The van der Waals surface area contributed by atoms with Crippen molar-refractivity contribution in [2.45, 2.75) is 95.3 Å². The number of rotatable bonds is 7. The summed E-state index contributed by atoms with van der Waals surface area (Å²) in [5, 5.41) is 14.1. The maximum atomic E-state index is 14.2. The Labute approximate surface area is 187 Å². The standard InChI is InChI=1S/C23H36F4N2O3/c1-21(2,17-10-15(24)5-7-19(17)32-3)12-22(31,23(25,26)27)11-16-9-14-8-13(20(28)30)4-6-18(14)29-16/h9,13-15,17-19,29,31H,4-8,10-12H2,1-3H3,(H2,28,30). The quantitative estimate of drug-likeness (QED) is 0.498. The van der Waals surface area contributed by atoms with E-state index in [2.05, 4.69) is 5.32 Å². The molecular weight excluding hydrogens is 428 g/mol. The Balaban J connectivity index is 1.78. The summed E-state index contributed by atoms with van der Waals surface area (Å²) in [5.74, 6) is -1.18. The molecule has 3 rings (SSSR count). The molecule has 32 heavy (non-hydrogen) atoms. The first-order valence-corrected chi connectivity index (χ1v) is 11.5. The molecular formula is C23H36F4N2O3. The molecule has 184 valence electrons. The van der Waals surface area contributed by atoms with Crippen LogP contribution in [-0.4, -0.2) is 48.2 Å². The van der Waals surface area contributed by atoms with Crippen LogP contribution in [0.1, 0.15) is 65.2 Å². The molecule has 7 unspecified atom stereocenters. The number of nitrogens with one attached hydrogen (secondary N) is 1. The van der Waals surface area contributed by atoms with Crippen LogP contribution >= 0.6 is 0 Å². The van der Waals surface area contributed by atoms with Crippen LogP contribution in [0, 0.1) is 23.2 Å². The molecule has 2 saturated carbocycles. The van der Waals surface area contributed by atoms with Crippen LogP contribution < -0.4 is 11.1 Å². The fourth-order valence-electron chi connectivity index (χ4n) is 6.14. The van der Waals surface area contributed by atoms with Crippen molar-refractivity contribution in [1.29, 1.82) is 0 Å². The number of fused-ring (bicyclic) bond motifs is 1. The average molecular weight is 465 g/mol. The first kappa shape index (κ1) is 25.3. The van der Waals surface area contributed by atoms with Crippen molar-refractivity contribution in [3.63, 3.8) is 0 Å².